The molecule has 0 aromatic heterocycles. The van der Waals surface area contributed by atoms with Gasteiger partial charge < -0.3 is 31.3 Å². The van der Waals surface area contributed by atoms with Gasteiger partial charge >= 0.3 is 0 Å². The number of aliphatic hydroxyl groups excluding tert-OH is 3. The Hall–Kier alpha value is -1.19. The topological polar surface area (TPSA) is 127 Å². The first-order valence-electron chi connectivity index (χ1n) is 7.01. The van der Waals surface area contributed by atoms with Gasteiger partial charge in [0.2, 0.25) is 0 Å². The van der Waals surface area contributed by atoms with Crippen molar-refractivity contribution in [3.63, 3.8) is 0 Å². The van der Waals surface area contributed by atoms with Gasteiger partial charge in [-0.25, -0.2) is 0 Å². The highest BCUT2D eigenvalue weighted by molar-refractivity contribution is 7.99. The van der Waals surface area contributed by atoms with Crippen LogP contribution in [0.25, 0.3) is 0 Å². The van der Waals surface area contributed by atoms with Crippen LogP contribution in [0, 0.1) is 0 Å². The van der Waals surface area contributed by atoms with Gasteiger partial charge in [0.25, 0.3) is 0 Å². The number of phenols is 2. The first-order valence-corrected chi connectivity index (χ1v) is 8.58. The third-order valence-corrected chi connectivity index (χ3v) is 4.57. The molecule has 0 unspecified atom stereocenters. The normalized spacial score (nSPS) is 11.0. The average Bonchev–Trinajstić information content (AvgIpc) is 2.61. The Kier molecular flexibility index (Phi) is 8.81. The van der Waals surface area contributed by atoms with Gasteiger partial charge in [0, 0.05) is 10.0 Å². The summed E-state index contributed by atoms with van der Waals surface area (Å²) in [4.78, 5) is 1.13. The lowest BCUT2D eigenvalue weighted by molar-refractivity contribution is 0.0698. The molecule has 0 saturated carbocycles. The van der Waals surface area contributed by atoms with Crippen molar-refractivity contribution in [3.8, 4) is 11.5 Å². The summed E-state index contributed by atoms with van der Waals surface area (Å²) in [5.41, 5.74) is 3.94. The standard InChI is InChI=1S/C12H8Cl2O2S.C4H11NO3/c13-7-1-3-9(15)11(5-7)17-12-6-8(14)2-4-10(12)16;5-4(1-6,2-7)3-8/h1-6,15-16H;6-8H,1-3,5H2. The summed E-state index contributed by atoms with van der Waals surface area (Å²) in [5.74, 6) is 0.220. The summed E-state index contributed by atoms with van der Waals surface area (Å²) in [6, 6.07) is 9.46. The molecule has 2 aromatic rings. The first-order chi connectivity index (χ1) is 11.7. The van der Waals surface area contributed by atoms with Gasteiger partial charge in [-0.1, -0.05) is 35.0 Å². The van der Waals surface area contributed by atoms with E-state index in [1.54, 1.807) is 24.3 Å². The second-order valence-corrected chi connectivity index (χ2v) is 7.12. The Bertz CT molecular complexity index is 640. The van der Waals surface area contributed by atoms with E-state index in [0.29, 0.717) is 19.8 Å². The molecule has 7 N–H and O–H groups in total. The van der Waals surface area contributed by atoms with E-state index in [1.807, 2.05) is 0 Å². The smallest absolute Gasteiger partial charge is 0.129 e. The van der Waals surface area contributed by atoms with E-state index in [9.17, 15) is 10.2 Å². The van der Waals surface area contributed by atoms with Crippen LogP contribution in [-0.2, 0) is 0 Å². The van der Waals surface area contributed by atoms with Gasteiger partial charge in [0.15, 0.2) is 0 Å². The number of aliphatic hydroxyl groups is 3. The molecule has 0 amide bonds. The van der Waals surface area contributed by atoms with E-state index in [-0.39, 0.29) is 11.5 Å². The molecular formula is C16H19Cl2NO5S. The van der Waals surface area contributed by atoms with Crippen LogP contribution in [0.2, 0.25) is 10.0 Å². The molecule has 0 aliphatic carbocycles. The van der Waals surface area contributed by atoms with Crippen LogP contribution in [0.3, 0.4) is 0 Å². The SMILES string of the molecule is NC(CO)(CO)CO.Oc1ccc(Cl)cc1Sc1cc(Cl)ccc1O. The molecule has 9 heteroatoms. The molecule has 0 heterocycles. The Morgan fingerprint density at radius 3 is 1.44 bits per heavy atom. The van der Waals surface area contributed by atoms with Crippen molar-refractivity contribution in [2.24, 2.45) is 5.73 Å². The van der Waals surface area contributed by atoms with Gasteiger partial charge in [0.05, 0.1) is 35.2 Å². The number of nitrogens with two attached hydrogens (primary N) is 1. The van der Waals surface area contributed by atoms with Gasteiger partial charge in [-0.15, -0.1) is 0 Å². The fourth-order valence-corrected chi connectivity index (χ4v) is 2.84. The molecule has 2 aromatic carbocycles. The number of hydrogen-bond acceptors (Lipinski definition) is 7. The number of phenolic OH excluding ortho intramolecular Hbond substituents is 2. The molecule has 0 aliphatic heterocycles. The number of hydrogen-bond donors (Lipinski definition) is 6. The maximum Gasteiger partial charge on any atom is 0.129 e. The average molecular weight is 408 g/mol. The molecule has 6 nitrogen and oxygen atoms in total. The summed E-state index contributed by atoms with van der Waals surface area (Å²) in [6.45, 7) is -1.21. The Balaban J connectivity index is 0.000000333. The molecular weight excluding hydrogens is 389 g/mol. The van der Waals surface area contributed by atoms with Crippen LogP contribution in [0.4, 0.5) is 0 Å². The Morgan fingerprint density at radius 1 is 0.800 bits per heavy atom. The minimum absolute atomic E-state index is 0.110. The molecule has 0 bridgehead atoms. The zero-order chi connectivity index (χ0) is 19.0. The summed E-state index contributed by atoms with van der Waals surface area (Å²) in [6.07, 6.45) is 0. The molecule has 0 fully saturated rings. The Morgan fingerprint density at radius 2 is 1.16 bits per heavy atom. The van der Waals surface area contributed by atoms with E-state index in [2.05, 4.69) is 0 Å². The van der Waals surface area contributed by atoms with E-state index in [1.165, 1.54) is 23.9 Å². The summed E-state index contributed by atoms with van der Waals surface area (Å²) < 4.78 is 0. The molecule has 0 radical (unpaired) electrons. The van der Waals surface area contributed by atoms with Gasteiger partial charge in [-0.3, -0.25) is 0 Å². The van der Waals surface area contributed by atoms with Crippen LogP contribution in [0.1, 0.15) is 0 Å². The maximum atomic E-state index is 9.66. The molecule has 0 aliphatic rings. The van der Waals surface area contributed by atoms with E-state index < -0.39 is 25.4 Å². The highest BCUT2D eigenvalue weighted by atomic mass is 35.5. The van der Waals surface area contributed by atoms with Crippen molar-refractivity contribution in [2.75, 3.05) is 19.8 Å². The lowest BCUT2D eigenvalue weighted by Crippen LogP contribution is -2.50. The minimum atomic E-state index is -1.21. The van der Waals surface area contributed by atoms with Crippen LogP contribution in [0.5, 0.6) is 11.5 Å². The summed E-state index contributed by atoms with van der Waals surface area (Å²) in [7, 11) is 0. The zero-order valence-electron chi connectivity index (χ0n) is 13.1. The van der Waals surface area contributed by atoms with Crippen molar-refractivity contribution in [2.45, 2.75) is 15.3 Å². The second kappa shape index (κ2) is 10.1. The van der Waals surface area contributed by atoms with Crippen LogP contribution in [0.15, 0.2) is 46.2 Å². The minimum Gasteiger partial charge on any atom is -0.507 e. The third kappa shape index (κ3) is 6.91. The van der Waals surface area contributed by atoms with E-state index in [0.717, 1.165) is 0 Å². The molecule has 0 spiro atoms. The van der Waals surface area contributed by atoms with Gasteiger partial charge in [0.1, 0.15) is 11.5 Å². The fraction of sp³-hybridized carbons (Fsp3) is 0.250. The highest BCUT2D eigenvalue weighted by Gasteiger charge is 2.20. The lowest BCUT2D eigenvalue weighted by atomic mass is 10.1. The van der Waals surface area contributed by atoms with Crippen molar-refractivity contribution in [3.05, 3.63) is 46.4 Å². The van der Waals surface area contributed by atoms with E-state index >= 15 is 0 Å². The summed E-state index contributed by atoms with van der Waals surface area (Å²) in [5, 5.41) is 45.4. The van der Waals surface area contributed by atoms with Crippen LogP contribution < -0.4 is 5.73 Å². The zero-order valence-corrected chi connectivity index (χ0v) is 15.4. The van der Waals surface area contributed by atoms with Crippen molar-refractivity contribution < 1.29 is 25.5 Å². The number of rotatable bonds is 5. The second-order valence-electron chi connectivity index (χ2n) is 5.16. The van der Waals surface area contributed by atoms with Gasteiger partial charge in [-0.05, 0) is 36.4 Å². The van der Waals surface area contributed by atoms with E-state index in [4.69, 9.17) is 44.3 Å². The molecule has 138 valence electrons. The Labute approximate surface area is 159 Å². The van der Waals surface area contributed by atoms with Crippen LogP contribution >= 0.6 is 35.0 Å². The summed E-state index contributed by atoms with van der Waals surface area (Å²) >= 11 is 12.9. The van der Waals surface area contributed by atoms with Crippen molar-refractivity contribution in [1.29, 1.82) is 0 Å². The number of benzene rings is 2. The largest absolute Gasteiger partial charge is 0.507 e. The van der Waals surface area contributed by atoms with Crippen LogP contribution in [-0.4, -0.2) is 50.9 Å². The quantitative estimate of drug-likeness (QED) is 0.448. The molecule has 2 rings (SSSR count). The van der Waals surface area contributed by atoms with Crippen molar-refractivity contribution in [1.82, 2.24) is 0 Å². The maximum absolute atomic E-state index is 9.66. The van der Waals surface area contributed by atoms with Gasteiger partial charge in [-0.2, -0.15) is 0 Å². The first kappa shape index (κ1) is 21.9. The molecule has 0 atom stereocenters. The van der Waals surface area contributed by atoms with Crippen molar-refractivity contribution >= 4 is 35.0 Å². The number of halogens is 2. The lowest BCUT2D eigenvalue weighted by Gasteiger charge is -2.20. The number of aromatic hydroxyl groups is 2. The predicted octanol–water partition coefficient (Wildman–Crippen LogP) is 2.22. The fourth-order valence-electron chi connectivity index (χ4n) is 1.41. The molecule has 25 heavy (non-hydrogen) atoms. The third-order valence-electron chi connectivity index (χ3n) is 3.01. The predicted molar refractivity (Wildman–Crippen MR) is 98.5 cm³/mol. The molecule has 0 saturated heterocycles. The monoisotopic (exact) mass is 407 g/mol. The highest BCUT2D eigenvalue weighted by Crippen LogP contribution is 2.40.